The van der Waals surface area contributed by atoms with Gasteiger partial charge >= 0.3 is 12.4 Å². The van der Waals surface area contributed by atoms with E-state index in [0.29, 0.717) is 17.7 Å². The molecule has 1 heterocycles. The van der Waals surface area contributed by atoms with Gasteiger partial charge in [0.2, 0.25) is 5.91 Å². The molecule has 3 rings (SSSR count). The molecule has 1 aliphatic rings. The van der Waals surface area contributed by atoms with E-state index >= 15 is 0 Å². The van der Waals surface area contributed by atoms with E-state index in [0.717, 1.165) is 0 Å². The zero-order valence-corrected chi connectivity index (χ0v) is 18.7. The van der Waals surface area contributed by atoms with Crippen LogP contribution in [-0.4, -0.2) is 36.6 Å². The van der Waals surface area contributed by atoms with Crippen molar-refractivity contribution in [2.24, 2.45) is 0 Å². The molecule has 192 valence electrons. The summed E-state index contributed by atoms with van der Waals surface area (Å²) in [5, 5.41) is 2.58. The summed E-state index contributed by atoms with van der Waals surface area (Å²) >= 11 is 0. The summed E-state index contributed by atoms with van der Waals surface area (Å²) in [6, 6.07) is 6.45. The minimum absolute atomic E-state index is 0.0438. The highest BCUT2D eigenvalue weighted by atomic mass is 19.4. The van der Waals surface area contributed by atoms with Crippen molar-refractivity contribution in [1.82, 2.24) is 10.2 Å². The van der Waals surface area contributed by atoms with Crippen LogP contribution in [-0.2, 0) is 29.1 Å². The topological polar surface area (TPSA) is 32.3 Å². The summed E-state index contributed by atoms with van der Waals surface area (Å²) < 4.78 is 106. The Morgan fingerprint density at radius 1 is 0.914 bits per heavy atom. The Morgan fingerprint density at radius 3 is 1.91 bits per heavy atom. The van der Waals surface area contributed by atoms with Gasteiger partial charge in [-0.05, 0) is 67.6 Å². The molecule has 1 unspecified atom stereocenters. The van der Waals surface area contributed by atoms with Gasteiger partial charge < -0.3 is 5.32 Å². The number of nitrogens with one attached hydrogen (secondary N) is 1. The van der Waals surface area contributed by atoms with E-state index in [9.17, 15) is 39.9 Å². The van der Waals surface area contributed by atoms with Gasteiger partial charge in [0.15, 0.2) is 0 Å². The predicted octanol–water partition coefficient (Wildman–Crippen LogP) is 5.87. The SMILES string of the molecule is CC(C(=O)NCCc1cc(C(F)(F)F)cc(C(F)(F)F)c1)(c1ccc(F)cc1)N1CCC(F)CC1. The van der Waals surface area contributed by atoms with Crippen molar-refractivity contribution in [1.29, 1.82) is 0 Å². The average molecular weight is 508 g/mol. The van der Waals surface area contributed by atoms with E-state index in [1.807, 2.05) is 0 Å². The van der Waals surface area contributed by atoms with Crippen molar-refractivity contribution in [3.05, 3.63) is 70.5 Å². The lowest BCUT2D eigenvalue weighted by atomic mass is 9.86. The molecule has 1 saturated heterocycles. The van der Waals surface area contributed by atoms with Crippen molar-refractivity contribution in [2.75, 3.05) is 19.6 Å². The van der Waals surface area contributed by atoms with Gasteiger partial charge in [0, 0.05) is 19.6 Å². The first kappa shape index (κ1) is 26.9. The maximum absolute atomic E-state index is 13.7. The van der Waals surface area contributed by atoms with Crippen LogP contribution in [0.25, 0.3) is 0 Å². The largest absolute Gasteiger partial charge is 0.416 e. The van der Waals surface area contributed by atoms with E-state index in [1.165, 1.54) is 24.3 Å². The second kappa shape index (κ2) is 10.1. The van der Waals surface area contributed by atoms with Crippen molar-refractivity contribution in [3.8, 4) is 0 Å². The van der Waals surface area contributed by atoms with E-state index < -0.39 is 46.9 Å². The van der Waals surface area contributed by atoms with Crippen LogP contribution in [0, 0.1) is 5.82 Å². The maximum atomic E-state index is 13.7. The third-order valence-corrected chi connectivity index (χ3v) is 6.25. The highest BCUT2D eigenvalue weighted by molar-refractivity contribution is 5.87. The molecule has 1 aliphatic heterocycles. The Kier molecular flexibility index (Phi) is 7.78. The number of hydrogen-bond acceptors (Lipinski definition) is 2. The second-order valence-corrected chi connectivity index (χ2v) is 8.66. The normalized spacial score (nSPS) is 17.7. The predicted molar refractivity (Wildman–Crippen MR) is 113 cm³/mol. The molecule has 1 atom stereocenters. The third-order valence-electron chi connectivity index (χ3n) is 6.25. The Labute approximate surface area is 197 Å². The molecule has 1 fully saturated rings. The summed E-state index contributed by atoms with van der Waals surface area (Å²) in [6.07, 6.45) is -10.9. The van der Waals surface area contributed by atoms with Gasteiger partial charge in [0.25, 0.3) is 0 Å². The first-order chi connectivity index (χ1) is 16.2. The number of rotatable bonds is 6. The maximum Gasteiger partial charge on any atom is 0.416 e. The van der Waals surface area contributed by atoms with Gasteiger partial charge in [-0.15, -0.1) is 0 Å². The zero-order valence-electron chi connectivity index (χ0n) is 18.7. The first-order valence-corrected chi connectivity index (χ1v) is 10.9. The van der Waals surface area contributed by atoms with Crippen LogP contribution in [0.1, 0.15) is 42.0 Å². The number of piperidine rings is 1. The Morgan fingerprint density at radius 2 is 1.43 bits per heavy atom. The smallest absolute Gasteiger partial charge is 0.354 e. The quantitative estimate of drug-likeness (QED) is 0.495. The standard InChI is InChI=1S/C24H24F8N2O/c1-22(16-2-4-19(25)5-3-16,34-10-7-20(26)8-11-34)21(35)33-9-6-15-12-17(23(27,28)29)14-18(13-15)24(30,31)32/h2-5,12-14,20H,6-11H2,1H3,(H,33,35). The Bertz CT molecular complexity index is 995. The van der Waals surface area contributed by atoms with Crippen LogP contribution in [0.5, 0.6) is 0 Å². The van der Waals surface area contributed by atoms with Crippen LogP contribution in [0.4, 0.5) is 35.1 Å². The lowest BCUT2D eigenvalue weighted by molar-refractivity contribution is -0.143. The summed E-state index contributed by atoms with van der Waals surface area (Å²) in [5.41, 5.74) is -4.03. The number of amides is 1. The van der Waals surface area contributed by atoms with Crippen molar-refractivity contribution >= 4 is 5.91 Å². The molecule has 0 saturated carbocycles. The molecular weight excluding hydrogens is 484 g/mol. The number of hydrogen-bond donors (Lipinski definition) is 1. The van der Waals surface area contributed by atoms with Crippen LogP contribution in [0.3, 0.4) is 0 Å². The molecule has 2 aromatic carbocycles. The van der Waals surface area contributed by atoms with Gasteiger partial charge in [0.05, 0.1) is 11.1 Å². The lowest BCUT2D eigenvalue weighted by Gasteiger charge is -2.43. The summed E-state index contributed by atoms with van der Waals surface area (Å²) in [5.74, 6) is -1.10. The van der Waals surface area contributed by atoms with E-state index in [4.69, 9.17) is 0 Å². The number of benzene rings is 2. The van der Waals surface area contributed by atoms with E-state index in [-0.39, 0.29) is 50.5 Å². The van der Waals surface area contributed by atoms with Crippen molar-refractivity contribution in [2.45, 2.75) is 50.2 Å². The molecule has 0 radical (unpaired) electrons. The van der Waals surface area contributed by atoms with E-state index in [1.54, 1.807) is 11.8 Å². The molecule has 35 heavy (non-hydrogen) atoms. The number of nitrogens with zero attached hydrogens (tertiary/aromatic N) is 1. The third kappa shape index (κ3) is 6.31. The molecule has 2 aromatic rings. The summed E-state index contributed by atoms with van der Waals surface area (Å²) in [7, 11) is 0. The highest BCUT2D eigenvalue weighted by Crippen LogP contribution is 2.37. The molecule has 1 N–H and O–H groups in total. The van der Waals surface area contributed by atoms with Gasteiger partial charge in [-0.1, -0.05) is 12.1 Å². The number of alkyl halides is 7. The lowest BCUT2D eigenvalue weighted by Crippen LogP contribution is -2.57. The second-order valence-electron chi connectivity index (χ2n) is 8.66. The number of halogens is 8. The number of carbonyl (C=O) groups excluding carboxylic acids is 1. The van der Waals surface area contributed by atoms with Crippen LogP contribution >= 0.6 is 0 Å². The van der Waals surface area contributed by atoms with E-state index in [2.05, 4.69) is 5.32 Å². The van der Waals surface area contributed by atoms with Gasteiger partial charge in [0.1, 0.15) is 17.5 Å². The number of carbonyl (C=O) groups is 1. The van der Waals surface area contributed by atoms with Gasteiger partial charge in [-0.3, -0.25) is 9.69 Å². The zero-order chi connectivity index (χ0) is 26.0. The molecule has 3 nitrogen and oxygen atoms in total. The number of likely N-dealkylation sites (tertiary alicyclic amines) is 1. The molecule has 0 aromatic heterocycles. The molecule has 0 aliphatic carbocycles. The van der Waals surface area contributed by atoms with Crippen LogP contribution < -0.4 is 5.32 Å². The highest BCUT2D eigenvalue weighted by Gasteiger charge is 2.42. The molecule has 0 spiro atoms. The van der Waals surface area contributed by atoms with Gasteiger partial charge in [-0.25, -0.2) is 8.78 Å². The van der Waals surface area contributed by atoms with Gasteiger partial charge in [-0.2, -0.15) is 26.3 Å². The molecule has 11 heteroatoms. The fourth-order valence-corrected chi connectivity index (χ4v) is 4.18. The minimum Gasteiger partial charge on any atom is -0.354 e. The molecule has 1 amide bonds. The molecular formula is C24H24F8N2O. The summed E-state index contributed by atoms with van der Waals surface area (Å²) in [4.78, 5) is 15.0. The van der Waals surface area contributed by atoms with Crippen LogP contribution in [0.2, 0.25) is 0 Å². The fraction of sp³-hybridized carbons (Fsp3) is 0.458. The average Bonchev–Trinajstić information content (AvgIpc) is 2.78. The Hall–Kier alpha value is -2.69. The molecule has 0 bridgehead atoms. The minimum atomic E-state index is -4.97. The first-order valence-electron chi connectivity index (χ1n) is 10.9. The monoisotopic (exact) mass is 508 g/mol. The fourth-order valence-electron chi connectivity index (χ4n) is 4.18. The van der Waals surface area contributed by atoms with Crippen LogP contribution in [0.15, 0.2) is 42.5 Å². The summed E-state index contributed by atoms with van der Waals surface area (Å²) in [6.45, 7) is 1.81. The van der Waals surface area contributed by atoms with Crippen molar-refractivity contribution in [3.63, 3.8) is 0 Å². The Balaban J connectivity index is 1.81. The van der Waals surface area contributed by atoms with Crippen molar-refractivity contribution < 1.29 is 39.9 Å².